The molecule has 0 bridgehead atoms. The first-order valence-electron chi connectivity index (χ1n) is 4.47. The van der Waals surface area contributed by atoms with E-state index in [1.807, 2.05) is 6.07 Å². The van der Waals surface area contributed by atoms with E-state index in [4.69, 9.17) is 5.26 Å². The Morgan fingerprint density at radius 2 is 2.38 bits per heavy atom. The highest BCUT2D eigenvalue weighted by molar-refractivity contribution is 6.02. The number of anilines is 1. The SMILES string of the molecule is N#Cc1cn[nH]c1NC(=O)c1ccccn1. The molecule has 1 amide bonds. The normalized spacial score (nSPS) is 9.44. The van der Waals surface area contributed by atoms with Gasteiger partial charge in [-0.3, -0.25) is 14.9 Å². The van der Waals surface area contributed by atoms with Crippen molar-refractivity contribution < 1.29 is 4.79 Å². The predicted octanol–water partition coefficient (Wildman–Crippen LogP) is 0.929. The van der Waals surface area contributed by atoms with E-state index in [1.165, 1.54) is 12.4 Å². The second-order valence-electron chi connectivity index (χ2n) is 2.94. The molecule has 0 fully saturated rings. The van der Waals surface area contributed by atoms with Crippen molar-refractivity contribution in [1.29, 1.82) is 5.26 Å². The average Bonchev–Trinajstić information content (AvgIpc) is 2.77. The molecular weight excluding hydrogens is 206 g/mol. The third-order valence-electron chi connectivity index (χ3n) is 1.90. The average molecular weight is 213 g/mol. The van der Waals surface area contributed by atoms with Crippen molar-refractivity contribution in [2.75, 3.05) is 5.32 Å². The minimum Gasteiger partial charge on any atom is -0.304 e. The highest BCUT2D eigenvalue weighted by atomic mass is 16.1. The first-order chi connectivity index (χ1) is 7.81. The second kappa shape index (κ2) is 4.23. The quantitative estimate of drug-likeness (QED) is 0.775. The van der Waals surface area contributed by atoms with Crippen LogP contribution in [0.2, 0.25) is 0 Å². The van der Waals surface area contributed by atoms with Crippen LogP contribution in [0.25, 0.3) is 0 Å². The largest absolute Gasteiger partial charge is 0.304 e. The lowest BCUT2D eigenvalue weighted by Crippen LogP contribution is -2.14. The summed E-state index contributed by atoms with van der Waals surface area (Å²) in [6.45, 7) is 0. The molecule has 0 radical (unpaired) electrons. The molecule has 0 atom stereocenters. The number of H-pyrrole nitrogens is 1. The summed E-state index contributed by atoms with van der Waals surface area (Å²) in [6, 6.07) is 6.91. The van der Waals surface area contributed by atoms with Crippen LogP contribution in [0.15, 0.2) is 30.6 Å². The zero-order valence-electron chi connectivity index (χ0n) is 8.14. The van der Waals surface area contributed by atoms with Crippen molar-refractivity contribution in [3.63, 3.8) is 0 Å². The molecule has 0 saturated carbocycles. The number of carbonyl (C=O) groups is 1. The molecule has 0 spiro atoms. The monoisotopic (exact) mass is 213 g/mol. The Labute approximate surface area is 90.9 Å². The van der Waals surface area contributed by atoms with E-state index in [0.29, 0.717) is 0 Å². The molecule has 0 saturated heterocycles. The van der Waals surface area contributed by atoms with Crippen LogP contribution in [0.4, 0.5) is 5.82 Å². The minimum absolute atomic E-state index is 0.276. The van der Waals surface area contributed by atoms with Crippen LogP contribution in [0, 0.1) is 11.3 Å². The molecule has 0 unspecified atom stereocenters. The lowest BCUT2D eigenvalue weighted by molar-refractivity contribution is 0.102. The highest BCUT2D eigenvalue weighted by Crippen LogP contribution is 2.09. The molecule has 0 aliphatic carbocycles. The van der Waals surface area contributed by atoms with Crippen molar-refractivity contribution in [2.45, 2.75) is 0 Å². The Bertz CT molecular complexity index is 540. The van der Waals surface area contributed by atoms with Crippen molar-refractivity contribution in [2.24, 2.45) is 0 Å². The summed E-state index contributed by atoms with van der Waals surface area (Å²) in [5, 5.41) is 17.4. The number of aromatic amines is 1. The fourth-order valence-electron chi connectivity index (χ4n) is 1.14. The number of rotatable bonds is 2. The number of aromatic nitrogens is 3. The topological polar surface area (TPSA) is 94.5 Å². The molecule has 0 aromatic carbocycles. The molecule has 78 valence electrons. The molecule has 2 N–H and O–H groups in total. The number of pyridine rings is 1. The van der Waals surface area contributed by atoms with Gasteiger partial charge in [-0.05, 0) is 12.1 Å². The molecule has 2 heterocycles. The second-order valence-corrected chi connectivity index (χ2v) is 2.94. The standard InChI is InChI=1S/C10H7N5O/c11-5-7-6-13-15-9(7)14-10(16)8-3-1-2-4-12-8/h1-4,6H,(H2,13,14,15,16). The number of nitrogens with zero attached hydrogens (tertiary/aromatic N) is 3. The zero-order valence-corrected chi connectivity index (χ0v) is 8.14. The van der Waals surface area contributed by atoms with Crippen LogP contribution < -0.4 is 5.32 Å². The van der Waals surface area contributed by atoms with Crippen molar-refractivity contribution in [3.05, 3.63) is 41.9 Å². The first kappa shape index (κ1) is 9.86. The number of nitriles is 1. The smallest absolute Gasteiger partial charge is 0.275 e. The maximum absolute atomic E-state index is 11.6. The van der Waals surface area contributed by atoms with Gasteiger partial charge in [0.1, 0.15) is 23.1 Å². The fourth-order valence-corrected chi connectivity index (χ4v) is 1.14. The van der Waals surface area contributed by atoms with Gasteiger partial charge in [0.05, 0.1) is 6.20 Å². The van der Waals surface area contributed by atoms with Crippen LogP contribution in [-0.4, -0.2) is 21.1 Å². The molecule has 0 aliphatic heterocycles. The van der Waals surface area contributed by atoms with Crippen LogP contribution in [0.5, 0.6) is 0 Å². The summed E-state index contributed by atoms with van der Waals surface area (Å²) in [5.41, 5.74) is 0.560. The lowest BCUT2D eigenvalue weighted by Gasteiger charge is -2.01. The van der Waals surface area contributed by atoms with E-state index in [9.17, 15) is 4.79 Å². The van der Waals surface area contributed by atoms with Gasteiger partial charge in [-0.2, -0.15) is 10.4 Å². The van der Waals surface area contributed by atoms with E-state index in [2.05, 4.69) is 20.5 Å². The highest BCUT2D eigenvalue weighted by Gasteiger charge is 2.10. The third kappa shape index (κ3) is 1.88. The van der Waals surface area contributed by atoms with Gasteiger partial charge in [-0.1, -0.05) is 6.07 Å². The first-order valence-corrected chi connectivity index (χ1v) is 4.47. The summed E-state index contributed by atoms with van der Waals surface area (Å²) in [4.78, 5) is 15.5. The molecule has 0 aliphatic rings. The predicted molar refractivity (Wildman–Crippen MR) is 55.5 cm³/mol. The maximum Gasteiger partial charge on any atom is 0.275 e. The van der Waals surface area contributed by atoms with Gasteiger partial charge in [0.25, 0.3) is 5.91 Å². The van der Waals surface area contributed by atoms with Gasteiger partial charge >= 0.3 is 0 Å². The van der Waals surface area contributed by atoms with Crippen LogP contribution in [0.1, 0.15) is 16.1 Å². The van der Waals surface area contributed by atoms with E-state index in [0.717, 1.165) is 0 Å². The number of hydrogen-bond acceptors (Lipinski definition) is 4. The van der Waals surface area contributed by atoms with Crippen LogP contribution in [0.3, 0.4) is 0 Å². The van der Waals surface area contributed by atoms with Crippen molar-refractivity contribution in [1.82, 2.24) is 15.2 Å². The lowest BCUT2D eigenvalue weighted by atomic mass is 10.3. The molecule has 2 aromatic rings. The molecular formula is C10H7N5O. The fraction of sp³-hybridized carbons (Fsp3) is 0. The number of nitrogens with one attached hydrogen (secondary N) is 2. The molecule has 2 rings (SSSR count). The summed E-state index contributed by atoms with van der Waals surface area (Å²) >= 11 is 0. The minimum atomic E-state index is -0.388. The maximum atomic E-state index is 11.6. The van der Waals surface area contributed by atoms with E-state index in [-0.39, 0.29) is 23.0 Å². The van der Waals surface area contributed by atoms with Crippen LogP contribution in [-0.2, 0) is 0 Å². The van der Waals surface area contributed by atoms with E-state index >= 15 is 0 Å². The Balaban J connectivity index is 2.18. The van der Waals surface area contributed by atoms with E-state index < -0.39 is 0 Å². The number of amides is 1. The summed E-state index contributed by atoms with van der Waals surface area (Å²) in [6.07, 6.45) is 2.86. The number of carbonyl (C=O) groups excluding carboxylic acids is 1. The van der Waals surface area contributed by atoms with Gasteiger partial charge in [0.2, 0.25) is 0 Å². The third-order valence-corrected chi connectivity index (χ3v) is 1.90. The molecule has 2 aromatic heterocycles. The Hall–Kier alpha value is -2.68. The van der Waals surface area contributed by atoms with E-state index in [1.54, 1.807) is 18.2 Å². The number of hydrogen-bond donors (Lipinski definition) is 2. The van der Waals surface area contributed by atoms with Gasteiger partial charge < -0.3 is 5.32 Å². The Morgan fingerprint density at radius 1 is 1.50 bits per heavy atom. The van der Waals surface area contributed by atoms with Gasteiger partial charge in [-0.25, -0.2) is 0 Å². The molecule has 6 nitrogen and oxygen atoms in total. The summed E-state index contributed by atoms with van der Waals surface area (Å²) in [5.74, 6) is -0.112. The van der Waals surface area contributed by atoms with Crippen molar-refractivity contribution in [3.8, 4) is 6.07 Å². The van der Waals surface area contributed by atoms with Gasteiger partial charge in [0, 0.05) is 6.20 Å². The zero-order chi connectivity index (χ0) is 11.4. The summed E-state index contributed by atoms with van der Waals surface area (Å²) in [7, 11) is 0. The molecule has 6 heteroatoms. The summed E-state index contributed by atoms with van der Waals surface area (Å²) < 4.78 is 0. The van der Waals surface area contributed by atoms with Crippen LogP contribution >= 0.6 is 0 Å². The Kier molecular flexibility index (Phi) is 2.61. The van der Waals surface area contributed by atoms with Gasteiger partial charge in [0.15, 0.2) is 0 Å². The van der Waals surface area contributed by atoms with Crippen molar-refractivity contribution >= 4 is 11.7 Å². The molecule has 16 heavy (non-hydrogen) atoms. The van der Waals surface area contributed by atoms with Gasteiger partial charge in [-0.15, -0.1) is 0 Å². The Morgan fingerprint density at radius 3 is 3.06 bits per heavy atom.